The Morgan fingerprint density at radius 1 is 1.04 bits per heavy atom. The second kappa shape index (κ2) is 6.63. The molecule has 0 bridgehead atoms. The maximum Gasteiger partial charge on any atom is 0.228 e. The number of anilines is 2. The molecular formula is C21H23N3O. The smallest absolute Gasteiger partial charge is 0.228 e. The summed E-state index contributed by atoms with van der Waals surface area (Å²) in [5.41, 5.74) is 4.31. The van der Waals surface area contributed by atoms with Crippen molar-refractivity contribution in [1.82, 2.24) is 4.57 Å². The highest BCUT2D eigenvalue weighted by Gasteiger charge is 2.13. The van der Waals surface area contributed by atoms with E-state index in [-0.39, 0.29) is 5.91 Å². The van der Waals surface area contributed by atoms with Gasteiger partial charge in [0.2, 0.25) is 5.91 Å². The standard InChI is InChI=1S/C21H23N3O/c1-23-15-16(19-6-2-3-7-20(19)23)14-21(25)22-17-8-10-18(11-9-17)24-12-4-5-13-24/h2-3,6-11,15H,4-5,12-14H2,1H3,(H,22,25). The van der Waals surface area contributed by atoms with Crippen LogP contribution in [-0.4, -0.2) is 23.6 Å². The lowest BCUT2D eigenvalue weighted by atomic mass is 10.1. The first-order chi connectivity index (χ1) is 12.2. The molecule has 1 N–H and O–H groups in total. The molecule has 0 saturated carbocycles. The Balaban J connectivity index is 1.44. The molecule has 4 nitrogen and oxygen atoms in total. The van der Waals surface area contributed by atoms with Gasteiger partial charge in [-0.3, -0.25) is 4.79 Å². The van der Waals surface area contributed by atoms with Crippen molar-refractivity contribution in [2.45, 2.75) is 19.3 Å². The van der Waals surface area contributed by atoms with E-state index < -0.39 is 0 Å². The normalized spacial score (nSPS) is 14.2. The molecular weight excluding hydrogens is 310 g/mol. The Morgan fingerprint density at radius 3 is 2.52 bits per heavy atom. The van der Waals surface area contributed by atoms with Gasteiger partial charge in [0.25, 0.3) is 0 Å². The number of rotatable bonds is 4. The molecule has 0 radical (unpaired) electrons. The molecule has 1 fully saturated rings. The lowest BCUT2D eigenvalue weighted by molar-refractivity contribution is -0.115. The second-order valence-electron chi connectivity index (χ2n) is 6.75. The summed E-state index contributed by atoms with van der Waals surface area (Å²) >= 11 is 0. The number of fused-ring (bicyclic) bond motifs is 1. The fraction of sp³-hybridized carbons (Fsp3) is 0.286. The number of aryl methyl sites for hydroxylation is 1. The van der Waals surface area contributed by atoms with Crippen molar-refractivity contribution in [3.63, 3.8) is 0 Å². The van der Waals surface area contributed by atoms with Crippen LogP contribution >= 0.6 is 0 Å². The minimum atomic E-state index is 0.0188. The zero-order valence-corrected chi connectivity index (χ0v) is 14.5. The predicted molar refractivity (Wildman–Crippen MR) is 103 cm³/mol. The highest BCUT2D eigenvalue weighted by atomic mass is 16.1. The molecule has 4 heteroatoms. The first kappa shape index (κ1) is 15.8. The molecule has 1 aliphatic heterocycles. The van der Waals surface area contributed by atoms with E-state index in [1.807, 2.05) is 37.5 Å². The van der Waals surface area contributed by atoms with Crippen molar-refractivity contribution >= 4 is 28.2 Å². The van der Waals surface area contributed by atoms with Gasteiger partial charge in [-0.25, -0.2) is 0 Å². The van der Waals surface area contributed by atoms with Gasteiger partial charge in [-0.15, -0.1) is 0 Å². The molecule has 2 heterocycles. The monoisotopic (exact) mass is 333 g/mol. The Morgan fingerprint density at radius 2 is 1.76 bits per heavy atom. The van der Waals surface area contributed by atoms with Gasteiger partial charge in [0.05, 0.1) is 6.42 Å². The number of carbonyl (C=O) groups is 1. The number of para-hydroxylation sites is 1. The number of carbonyl (C=O) groups excluding carboxylic acids is 1. The third-order valence-corrected chi connectivity index (χ3v) is 4.95. The molecule has 0 spiro atoms. The van der Waals surface area contributed by atoms with Crippen LogP contribution in [0.3, 0.4) is 0 Å². The van der Waals surface area contributed by atoms with Gasteiger partial charge in [0, 0.05) is 48.6 Å². The second-order valence-corrected chi connectivity index (χ2v) is 6.75. The fourth-order valence-corrected chi connectivity index (χ4v) is 3.68. The average Bonchev–Trinajstić information content (AvgIpc) is 3.25. The zero-order valence-electron chi connectivity index (χ0n) is 14.5. The van der Waals surface area contributed by atoms with Gasteiger partial charge in [0.15, 0.2) is 0 Å². The molecule has 1 saturated heterocycles. The summed E-state index contributed by atoms with van der Waals surface area (Å²) in [5, 5.41) is 4.16. The predicted octanol–water partition coefficient (Wildman–Crippen LogP) is 3.96. The quantitative estimate of drug-likeness (QED) is 0.785. The fourth-order valence-electron chi connectivity index (χ4n) is 3.68. The van der Waals surface area contributed by atoms with Crippen LogP contribution in [0, 0.1) is 0 Å². The highest BCUT2D eigenvalue weighted by Crippen LogP contribution is 2.23. The van der Waals surface area contributed by atoms with Crippen molar-refractivity contribution in [2.75, 3.05) is 23.3 Å². The van der Waals surface area contributed by atoms with E-state index in [1.54, 1.807) is 0 Å². The van der Waals surface area contributed by atoms with E-state index in [2.05, 4.69) is 39.0 Å². The number of hydrogen-bond acceptors (Lipinski definition) is 2. The lowest BCUT2D eigenvalue weighted by Crippen LogP contribution is -2.18. The minimum Gasteiger partial charge on any atom is -0.372 e. The number of hydrogen-bond donors (Lipinski definition) is 1. The van der Waals surface area contributed by atoms with Crippen molar-refractivity contribution < 1.29 is 4.79 Å². The van der Waals surface area contributed by atoms with Crippen molar-refractivity contribution in [3.8, 4) is 0 Å². The molecule has 25 heavy (non-hydrogen) atoms. The topological polar surface area (TPSA) is 37.3 Å². The van der Waals surface area contributed by atoms with E-state index in [0.29, 0.717) is 6.42 Å². The summed E-state index contributed by atoms with van der Waals surface area (Å²) in [5.74, 6) is 0.0188. The van der Waals surface area contributed by atoms with E-state index in [1.165, 1.54) is 18.5 Å². The van der Waals surface area contributed by atoms with Crippen LogP contribution in [0.2, 0.25) is 0 Å². The summed E-state index contributed by atoms with van der Waals surface area (Å²) in [6.07, 6.45) is 4.96. The van der Waals surface area contributed by atoms with E-state index >= 15 is 0 Å². The van der Waals surface area contributed by atoms with Crippen LogP contribution < -0.4 is 10.2 Å². The van der Waals surface area contributed by atoms with Gasteiger partial charge >= 0.3 is 0 Å². The molecule has 2 aromatic carbocycles. The Kier molecular flexibility index (Phi) is 4.18. The van der Waals surface area contributed by atoms with Gasteiger partial charge in [-0.05, 0) is 48.7 Å². The number of nitrogens with zero attached hydrogens (tertiary/aromatic N) is 2. The SMILES string of the molecule is Cn1cc(CC(=O)Nc2ccc(N3CCCC3)cc2)c2ccccc21. The van der Waals surface area contributed by atoms with Crippen LogP contribution in [0.4, 0.5) is 11.4 Å². The molecule has 128 valence electrons. The lowest BCUT2D eigenvalue weighted by Gasteiger charge is -2.17. The van der Waals surface area contributed by atoms with Gasteiger partial charge < -0.3 is 14.8 Å². The first-order valence-corrected chi connectivity index (χ1v) is 8.88. The number of nitrogens with one attached hydrogen (secondary N) is 1. The zero-order chi connectivity index (χ0) is 17.2. The van der Waals surface area contributed by atoms with Gasteiger partial charge in [-0.1, -0.05) is 18.2 Å². The summed E-state index contributed by atoms with van der Waals surface area (Å²) < 4.78 is 2.07. The Labute approximate surface area is 148 Å². The number of aromatic nitrogens is 1. The van der Waals surface area contributed by atoms with E-state index in [4.69, 9.17) is 0 Å². The highest BCUT2D eigenvalue weighted by molar-refractivity contribution is 5.96. The van der Waals surface area contributed by atoms with Crippen LogP contribution in [0.1, 0.15) is 18.4 Å². The first-order valence-electron chi connectivity index (χ1n) is 8.88. The molecule has 0 atom stereocenters. The Hall–Kier alpha value is -2.75. The van der Waals surface area contributed by atoms with E-state index in [0.717, 1.165) is 35.2 Å². The number of amides is 1. The van der Waals surface area contributed by atoms with Crippen molar-refractivity contribution in [1.29, 1.82) is 0 Å². The summed E-state index contributed by atoms with van der Waals surface area (Å²) in [6.45, 7) is 2.26. The maximum atomic E-state index is 12.4. The molecule has 4 rings (SSSR count). The van der Waals surface area contributed by atoms with Gasteiger partial charge in [0.1, 0.15) is 0 Å². The number of benzene rings is 2. The summed E-state index contributed by atoms with van der Waals surface area (Å²) in [7, 11) is 2.01. The largest absolute Gasteiger partial charge is 0.372 e. The molecule has 3 aromatic rings. The molecule has 0 unspecified atom stereocenters. The minimum absolute atomic E-state index is 0.0188. The van der Waals surface area contributed by atoms with Crippen LogP contribution in [0.15, 0.2) is 54.7 Å². The van der Waals surface area contributed by atoms with E-state index in [9.17, 15) is 4.79 Å². The third kappa shape index (κ3) is 3.25. The van der Waals surface area contributed by atoms with Gasteiger partial charge in [-0.2, -0.15) is 0 Å². The van der Waals surface area contributed by atoms with Crippen molar-refractivity contribution in [3.05, 3.63) is 60.3 Å². The van der Waals surface area contributed by atoms with Crippen LogP contribution in [0.5, 0.6) is 0 Å². The van der Waals surface area contributed by atoms with Crippen LogP contribution in [0.25, 0.3) is 10.9 Å². The molecule has 1 aromatic heterocycles. The third-order valence-electron chi connectivity index (χ3n) is 4.95. The average molecular weight is 333 g/mol. The van der Waals surface area contributed by atoms with Crippen LogP contribution in [-0.2, 0) is 18.3 Å². The molecule has 1 amide bonds. The maximum absolute atomic E-state index is 12.4. The summed E-state index contributed by atoms with van der Waals surface area (Å²) in [6, 6.07) is 16.4. The van der Waals surface area contributed by atoms with Crippen molar-refractivity contribution in [2.24, 2.45) is 7.05 Å². The summed E-state index contributed by atoms with van der Waals surface area (Å²) in [4.78, 5) is 14.8. The Bertz CT molecular complexity index is 889. The molecule has 1 aliphatic rings. The molecule has 0 aliphatic carbocycles.